The highest BCUT2D eigenvalue weighted by atomic mass is 17.3. The average molecular weight is 424 g/mol. The number of nitrogens with zero attached hydrogens (tertiary/aromatic N) is 1. The lowest BCUT2D eigenvalue weighted by molar-refractivity contribution is -0.569. The molecule has 6 heteroatoms. The predicted molar refractivity (Wildman–Crippen MR) is 112 cm³/mol. The Balaban J connectivity index is 1.20. The number of hydrogen-bond acceptors (Lipinski definition) is 6. The highest BCUT2D eigenvalue weighted by molar-refractivity contribution is 5.08. The summed E-state index contributed by atoms with van der Waals surface area (Å²) >= 11 is 0. The molecule has 7 unspecified atom stereocenters. The van der Waals surface area contributed by atoms with Crippen LogP contribution in [0, 0.1) is 23.7 Å². The average Bonchev–Trinajstić information content (AvgIpc) is 2.97. The molecule has 5 aliphatic heterocycles. The molecule has 6 aliphatic rings. The highest BCUT2D eigenvalue weighted by Gasteiger charge is 2.67. The van der Waals surface area contributed by atoms with E-state index >= 15 is 0 Å². The topological polar surface area (TPSA) is 60.4 Å². The van der Waals surface area contributed by atoms with Gasteiger partial charge in [0.1, 0.15) is 0 Å². The SMILES string of the molecule is CC1C(CCCN2CCC(CCO)CC2)OC2OC3(C)CCC4CCCC1C42OO3. The Labute approximate surface area is 181 Å². The van der Waals surface area contributed by atoms with Gasteiger partial charge in [0.2, 0.25) is 5.79 Å². The normalized spacial score (nSPS) is 47.1. The first-order chi connectivity index (χ1) is 14.5. The second-order valence-corrected chi connectivity index (χ2v) is 10.8. The van der Waals surface area contributed by atoms with Gasteiger partial charge >= 0.3 is 0 Å². The molecule has 30 heavy (non-hydrogen) atoms. The van der Waals surface area contributed by atoms with Gasteiger partial charge in [0, 0.05) is 18.9 Å². The van der Waals surface area contributed by atoms with Gasteiger partial charge in [-0.25, -0.2) is 9.78 Å². The summed E-state index contributed by atoms with van der Waals surface area (Å²) in [6.07, 6.45) is 11.3. The second kappa shape index (κ2) is 8.60. The van der Waals surface area contributed by atoms with Crippen LogP contribution >= 0.6 is 0 Å². The van der Waals surface area contributed by atoms with Crippen molar-refractivity contribution in [1.82, 2.24) is 4.90 Å². The summed E-state index contributed by atoms with van der Waals surface area (Å²) in [6, 6.07) is 0. The molecule has 0 aromatic carbocycles. The Bertz CT molecular complexity index is 596. The van der Waals surface area contributed by atoms with Crippen molar-refractivity contribution in [3.8, 4) is 0 Å². The lowest BCUT2D eigenvalue weighted by Crippen LogP contribution is -2.69. The monoisotopic (exact) mass is 423 g/mol. The molecule has 6 rings (SSSR count). The first kappa shape index (κ1) is 21.6. The van der Waals surface area contributed by atoms with E-state index in [9.17, 15) is 0 Å². The Hall–Kier alpha value is -0.240. The molecule has 5 saturated heterocycles. The molecular weight excluding hydrogens is 382 g/mol. The van der Waals surface area contributed by atoms with Crippen molar-refractivity contribution >= 4 is 0 Å². The number of aliphatic hydroxyl groups excluding tert-OH is 1. The largest absolute Gasteiger partial charge is 0.396 e. The van der Waals surface area contributed by atoms with Gasteiger partial charge < -0.3 is 19.5 Å². The number of aliphatic hydroxyl groups is 1. The van der Waals surface area contributed by atoms with Crippen molar-refractivity contribution in [1.29, 1.82) is 0 Å². The van der Waals surface area contributed by atoms with Gasteiger partial charge in [0.25, 0.3) is 0 Å². The first-order valence-electron chi connectivity index (χ1n) is 12.6. The van der Waals surface area contributed by atoms with Gasteiger partial charge in [-0.2, -0.15) is 0 Å². The zero-order valence-corrected chi connectivity index (χ0v) is 18.9. The van der Waals surface area contributed by atoms with Crippen LogP contribution in [0.25, 0.3) is 0 Å². The summed E-state index contributed by atoms with van der Waals surface area (Å²) in [5.41, 5.74) is -0.404. The lowest BCUT2D eigenvalue weighted by Gasteiger charge is -2.59. The molecule has 1 N–H and O–H groups in total. The van der Waals surface area contributed by atoms with Crippen LogP contribution in [0.5, 0.6) is 0 Å². The summed E-state index contributed by atoms with van der Waals surface area (Å²) < 4.78 is 13.1. The summed E-state index contributed by atoms with van der Waals surface area (Å²) in [5.74, 6) is 1.46. The highest BCUT2D eigenvalue weighted by Crippen LogP contribution is 2.59. The number of ether oxygens (including phenoxy) is 2. The minimum Gasteiger partial charge on any atom is -0.396 e. The van der Waals surface area contributed by atoms with Crippen LogP contribution in [-0.2, 0) is 19.2 Å². The van der Waals surface area contributed by atoms with E-state index < -0.39 is 11.4 Å². The van der Waals surface area contributed by atoms with E-state index in [1.165, 1.54) is 51.6 Å². The van der Waals surface area contributed by atoms with E-state index in [0.29, 0.717) is 24.4 Å². The Kier molecular flexibility index (Phi) is 6.19. The number of fused-ring (bicyclic) bond motifs is 2. The van der Waals surface area contributed by atoms with Crippen LogP contribution in [0.15, 0.2) is 0 Å². The fourth-order valence-electron chi connectivity index (χ4n) is 7.16. The van der Waals surface area contributed by atoms with Crippen molar-refractivity contribution in [2.75, 3.05) is 26.2 Å². The van der Waals surface area contributed by atoms with E-state index in [1.807, 2.05) is 6.92 Å². The molecule has 0 amide bonds. The van der Waals surface area contributed by atoms with E-state index in [0.717, 1.165) is 38.1 Å². The number of piperidine rings is 1. The van der Waals surface area contributed by atoms with Crippen molar-refractivity contribution in [3.63, 3.8) is 0 Å². The van der Waals surface area contributed by atoms with Crippen LogP contribution in [0.2, 0.25) is 0 Å². The molecule has 7 atom stereocenters. The summed E-state index contributed by atoms with van der Waals surface area (Å²) in [6.45, 7) is 8.21. The molecular formula is C24H41NO5. The maximum absolute atomic E-state index is 9.16. The smallest absolute Gasteiger partial charge is 0.201 e. The third-order valence-electron chi connectivity index (χ3n) is 9.05. The van der Waals surface area contributed by atoms with E-state index in [4.69, 9.17) is 24.4 Å². The third-order valence-corrected chi connectivity index (χ3v) is 9.05. The number of likely N-dealkylation sites (tertiary alicyclic amines) is 1. The lowest BCUT2D eigenvalue weighted by atomic mass is 9.60. The zero-order valence-electron chi connectivity index (χ0n) is 18.9. The van der Waals surface area contributed by atoms with Gasteiger partial charge in [0.05, 0.1) is 6.10 Å². The van der Waals surface area contributed by atoms with Gasteiger partial charge in [-0.15, -0.1) is 0 Å². The number of rotatable bonds is 6. The van der Waals surface area contributed by atoms with Crippen LogP contribution in [0.4, 0.5) is 0 Å². The molecule has 172 valence electrons. The minimum absolute atomic E-state index is 0.239. The summed E-state index contributed by atoms with van der Waals surface area (Å²) in [7, 11) is 0. The van der Waals surface area contributed by atoms with Crippen LogP contribution in [-0.4, -0.2) is 60.0 Å². The molecule has 1 saturated carbocycles. The van der Waals surface area contributed by atoms with Gasteiger partial charge in [-0.05, 0) is 95.7 Å². The van der Waals surface area contributed by atoms with Gasteiger partial charge in [-0.3, -0.25) is 0 Å². The zero-order chi connectivity index (χ0) is 20.8. The molecule has 5 heterocycles. The Morgan fingerprint density at radius 2 is 1.87 bits per heavy atom. The van der Waals surface area contributed by atoms with E-state index in [2.05, 4.69) is 11.8 Å². The number of hydrogen-bond donors (Lipinski definition) is 1. The second-order valence-electron chi connectivity index (χ2n) is 10.8. The molecule has 6 fully saturated rings. The summed E-state index contributed by atoms with van der Waals surface area (Å²) in [4.78, 5) is 14.7. The van der Waals surface area contributed by atoms with Gasteiger partial charge in [-0.1, -0.05) is 13.3 Å². The van der Waals surface area contributed by atoms with E-state index in [1.54, 1.807) is 0 Å². The van der Waals surface area contributed by atoms with Crippen LogP contribution < -0.4 is 0 Å². The molecule has 6 nitrogen and oxygen atoms in total. The van der Waals surface area contributed by atoms with Crippen molar-refractivity contribution in [2.24, 2.45) is 23.7 Å². The van der Waals surface area contributed by atoms with E-state index in [-0.39, 0.29) is 12.4 Å². The maximum Gasteiger partial charge on any atom is 0.201 e. The Morgan fingerprint density at radius 1 is 1.03 bits per heavy atom. The maximum atomic E-state index is 9.16. The quantitative estimate of drug-likeness (QED) is 0.655. The van der Waals surface area contributed by atoms with Crippen LogP contribution in [0.3, 0.4) is 0 Å². The van der Waals surface area contributed by atoms with Crippen molar-refractivity contribution < 1.29 is 24.4 Å². The predicted octanol–water partition coefficient (Wildman–Crippen LogP) is 3.87. The minimum atomic E-state index is -0.665. The molecule has 1 spiro atoms. The summed E-state index contributed by atoms with van der Waals surface area (Å²) in [5, 5.41) is 9.16. The molecule has 1 aliphatic carbocycles. The molecule has 0 aromatic heterocycles. The molecule has 0 aromatic rings. The van der Waals surface area contributed by atoms with Crippen LogP contribution in [0.1, 0.15) is 78.1 Å². The van der Waals surface area contributed by atoms with Crippen molar-refractivity contribution in [2.45, 2.75) is 102 Å². The standard InChI is InChI=1S/C24H41NO5/c1-17-20-6-3-5-19-8-12-23(2)28-22(24(19,20)30-29-23)27-21(17)7-4-13-25-14-9-18(10-15-25)11-16-26/h17-22,26H,3-16H2,1-2H3. The van der Waals surface area contributed by atoms with Crippen molar-refractivity contribution in [3.05, 3.63) is 0 Å². The Morgan fingerprint density at radius 3 is 2.67 bits per heavy atom. The molecule has 0 radical (unpaired) electrons. The fraction of sp³-hybridized carbons (Fsp3) is 1.00. The fourth-order valence-corrected chi connectivity index (χ4v) is 7.16. The third kappa shape index (κ3) is 3.75. The van der Waals surface area contributed by atoms with Gasteiger partial charge in [0.15, 0.2) is 11.9 Å². The molecule has 2 bridgehead atoms. The first-order valence-corrected chi connectivity index (χ1v) is 12.6.